The van der Waals surface area contributed by atoms with E-state index in [2.05, 4.69) is 9.97 Å². The molecule has 2 atom stereocenters. The second kappa shape index (κ2) is 7.57. The first kappa shape index (κ1) is 17.3. The first-order valence-electron chi connectivity index (χ1n) is 8.15. The van der Waals surface area contributed by atoms with E-state index in [0.29, 0.717) is 37.1 Å². The molecule has 1 aromatic carbocycles. The topological polar surface area (TPSA) is 75.5 Å². The minimum Gasteiger partial charge on any atom is -0.467 e. The monoisotopic (exact) mass is 345 g/mol. The standard InChI is InChI=1S/C18H20FN3O3/c1-25-18-20-9-14(10-21-18)17(24)22-7-6-16(23)13(11-22)8-12-4-2-3-5-15(12)19/h2-5,9-10,13,16,23H,6-8,11H2,1H3/t13-,16+/m1/s1. The molecule has 1 aliphatic rings. The third-order valence-electron chi connectivity index (χ3n) is 4.48. The van der Waals surface area contributed by atoms with Gasteiger partial charge in [0, 0.05) is 31.4 Å². The van der Waals surface area contributed by atoms with E-state index in [4.69, 9.17) is 4.74 Å². The number of aliphatic hydroxyl groups excluding tert-OH is 1. The van der Waals surface area contributed by atoms with E-state index in [1.165, 1.54) is 25.6 Å². The quantitative estimate of drug-likeness (QED) is 0.913. The molecule has 1 amide bonds. The number of hydrogen-bond donors (Lipinski definition) is 1. The van der Waals surface area contributed by atoms with Crippen molar-refractivity contribution < 1.29 is 19.0 Å². The van der Waals surface area contributed by atoms with Crippen molar-refractivity contribution in [2.45, 2.75) is 18.9 Å². The van der Waals surface area contributed by atoms with Crippen LogP contribution in [-0.4, -0.2) is 52.2 Å². The van der Waals surface area contributed by atoms with Crippen molar-refractivity contribution in [3.8, 4) is 6.01 Å². The number of aliphatic hydroxyl groups is 1. The van der Waals surface area contributed by atoms with Crippen LogP contribution in [0.4, 0.5) is 4.39 Å². The van der Waals surface area contributed by atoms with Crippen LogP contribution in [-0.2, 0) is 6.42 Å². The SMILES string of the molecule is COc1ncc(C(=O)N2CC[C@H](O)[C@H](Cc3ccccc3F)C2)cn1. The molecule has 0 saturated carbocycles. The molecule has 132 valence electrons. The first-order chi connectivity index (χ1) is 12.1. The minimum atomic E-state index is -0.559. The van der Waals surface area contributed by atoms with E-state index in [-0.39, 0.29) is 23.7 Å². The largest absolute Gasteiger partial charge is 0.467 e. The number of methoxy groups -OCH3 is 1. The highest BCUT2D eigenvalue weighted by atomic mass is 19.1. The van der Waals surface area contributed by atoms with Gasteiger partial charge in [0.05, 0.1) is 18.8 Å². The zero-order valence-electron chi connectivity index (χ0n) is 13.9. The van der Waals surface area contributed by atoms with Gasteiger partial charge in [-0.15, -0.1) is 0 Å². The summed E-state index contributed by atoms with van der Waals surface area (Å²) in [4.78, 5) is 22.2. The molecule has 25 heavy (non-hydrogen) atoms. The van der Waals surface area contributed by atoms with Crippen molar-refractivity contribution in [2.24, 2.45) is 5.92 Å². The third kappa shape index (κ3) is 3.93. The Morgan fingerprint density at radius 2 is 2.08 bits per heavy atom. The summed E-state index contributed by atoms with van der Waals surface area (Å²) in [6.45, 7) is 0.806. The summed E-state index contributed by atoms with van der Waals surface area (Å²) < 4.78 is 18.8. The maximum absolute atomic E-state index is 13.9. The predicted octanol–water partition coefficient (Wildman–Crippen LogP) is 1.69. The molecule has 1 aromatic heterocycles. The molecule has 1 fully saturated rings. The van der Waals surface area contributed by atoms with Crippen LogP contribution >= 0.6 is 0 Å². The number of piperidine rings is 1. The molecule has 1 N–H and O–H groups in total. The van der Waals surface area contributed by atoms with Crippen molar-refractivity contribution >= 4 is 5.91 Å². The molecule has 2 heterocycles. The molecule has 6 nitrogen and oxygen atoms in total. The lowest BCUT2D eigenvalue weighted by Gasteiger charge is -2.36. The zero-order valence-corrected chi connectivity index (χ0v) is 13.9. The van der Waals surface area contributed by atoms with Crippen LogP contribution in [0.3, 0.4) is 0 Å². The summed E-state index contributed by atoms with van der Waals surface area (Å²) >= 11 is 0. The average Bonchev–Trinajstić information content (AvgIpc) is 2.65. The molecule has 0 spiro atoms. The van der Waals surface area contributed by atoms with Gasteiger partial charge in [0.25, 0.3) is 5.91 Å². The van der Waals surface area contributed by atoms with Crippen molar-refractivity contribution in [3.05, 3.63) is 53.6 Å². The van der Waals surface area contributed by atoms with Crippen molar-refractivity contribution in [1.29, 1.82) is 0 Å². The van der Waals surface area contributed by atoms with Crippen LogP contribution in [0.15, 0.2) is 36.7 Å². The van der Waals surface area contributed by atoms with Gasteiger partial charge in [-0.1, -0.05) is 18.2 Å². The number of carbonyl (C=O) groups excluding carboxylic acids is 1. The van der Waals surface area contributed by atoms with Gasteiger partial charge in [0.1, 0.15) is 5.82 Å². The highest BCUT2D eigenvalue weighted by Crippen LogP contribution is 2.24. The van der Waals surface area contributed by atoms with Crippen LogP contribution in [0.5, 0.6) is 6.01 Å². The maximum atomic E-state index is 13.9. The number of ether oxygens (including phenoxy) is 1. The fourth-order valence-electron chi connectivity index (χ4n) is 3.07. The van der Waals surface area contributed by atoms with E-state index in [1.54, 1.807) is 23.1 Å². The minimum absolute atomic E-state index is 0.197. The van der Waals surface area contributed by atoms with Crippen LogP contribution in [0, 0.1) is 11.7 Å². The molecular formula is C18H20FN3O3. The summed E-state index contributed by atoms with van der Waals surface area (Å²) in [6, 6.07) is 6.71. The van der Waals surface area contributed by atoms with Gasteiger partial charge < -0.3 is 14.7 Å². The molecular weight excluding hydrogens is 325 g/mol. The molecule has 2 aromatic rings. The summed E-state index contributed by atoms with van der Waals surface area (Å²) in [5, 5.41) is 10.3. The Balaban J connectivity index is 1.71. The number of rotatable bonds is 4. The number of benzene rings is 1. The number of hydrogen-bond acceptors (Lipinski definition) is 5. The fourth-order valence-corrected chi connectivity index (χ4v) is 3.07. The molecule has 3 rings (SSSR count). The highest BCUT2D eigenvalue weighted by Gasteiger charge is 2.31. The maximum Gasteiger partial charge on any atom is 0.316 e. The van der Waals surface area contributed by atoms with Crippen LogP contribution in [0.2, 0.25) is 0 Å². The number of nitrogens with zero attached hydrogens (tertiary/aromatic N) is 3. The van der Waals surface area contributed by atoms with Crippen LogP contribution < -0.4 is 4.74 Å². The van der Waals surface area contributed by atoms with Gasteiger partial charge in [-0.05, 0) is 24.5 Å². The summed E-state index contributed by atoms with van der Waals surface area (Å²) in [5.41, 5.74) is 0.912. The normalized spacial score (nSPS) is 20.4. The van der Waals surface area contributed by atoms with Gasteiger partial charge >= 0.3 is 6.01 Å². The van der Waals surface area contributed by atoms with Crippen molar-refractivity contribution in [3.63, 3.8) is 0 Å². The lowest BCUT2D eigenvalue weighted by molar-refractivity contribution is 0.0238. The van der Waals surface area contributed by atoms with Gasteiger partial charge in [-0.25, -0.2) is 14.4 Å². The lowest BCUT2D eigenvalue weighted by Crippen LogP contribution is -2.46. The number of amides is 1. The molecule has 1 aliphatic heterocycles. The number of aromatic nitrogens is 2. The fraction of sp³-hybridized carbons (Fsp3) is 0.389. The average molecular weight is 345 g/mol. The Labute approximate surface area is 145 Å². The molecule has 0 aliphatic carbocycles. The summed E-state index contributed by atoms with van der Waals surface area (Å²) in [7, 11) is 1.45. The Hall–Kier alpha value is -2.54. The molecule has 1 saturated heterocycles. The second-order valence-corrected chi connectivity index (χ2v) is 6.12. The summed E-state index contributed by atoms with van der Waals surface area (Å²) in [6.07, 6.45) is 3.13. The van der Waals surface area contributed by atoms with Crippen LogP contribution in [0.25, 0.3) is 0 Å². The number of carbonyl (C=O) groups is 1. The lowest BCUT2D eigenvalue weighted by atomic mass is 9.88. The van der Waals surface area contributed by atoms with Gasteiger partial charge in [0.15, 0.2) is 0 Å². The number of halogens is 1. The highest BCUT2D eigenvalue weighted by molar-refractivity contribution is 5.93. The first-order valence-corrected chi connectivity index (χ1v) is 8.15. The van der Waals surface area contributed by atoms with Crippen LogP contribution in [0.1, 0.15) is 22.3 Å². The molecule has 0 unspecified atom stereocenters. The van der Waals surface area contributed by atoms with Gasteiger partial charge in [-0.3, -0.25) is 4.79 Å². The zero-order chi connectivity index (χ0) is 17.8. The van der Waals surface area contributed by atoms with E-state index in [9.17, 15) is 14.3 Å². The van der Waals surface area contributed by atoms with Crippen molar-refractivity contribution in [1.82, 2.24) is 14.9 Å². The Bertz CT molecular complexity index is 739. The Kier molecular flexibility index (Phi) is 5.23. The van der Waals surface area contributed by atoms with E-state index in [0.717, 1.165) is 0 Å². The van der Waals surface area contributed by atoms with E-state index < -0.39 is 6.10 Å². The van der Waals surface area contributed by atoms with E-state index >= 15 is 0 Å². The molecule has 0 radical (unpaired) electrons. The smallest absolute Gasteiger partial charge is 0.316 e. The Morgan fingerprint density at radius 1 is 1.36 bits per heavy atom. The van der Waals surface area contributed by atoms with Gasteiger partial charge in [-0.2, -0.15) is 0 Å². The number of likely N-dealkylation sites (tertiary alicyclic amines) is 1. The Morgan fingerprint density at radius 3 is 2.76 bits per heavy atom. The molecule has 7 heteroatoms. The third-order valence-corrected chi connectivity index (χ3v) is 4.48. The predicted molar refractivity (Wildman–Crippen MR) is 88.7 cm³/mol. The van der Waals surface area contributed by atoms with Gasteiger partial charge in [0.2, 0.25) is 0 Å². The second-order valence-electron chi connectivity index (χ2n) is 6.12. The summed E-state index contributed by atoms with van der Waals surface area (Å²) in [5.74, 6) is -0.705. The van der Waals surface area contributed by atoms with E-state index in [1.807, 2.05) is 0 Å². The molecule has 0 bridgehead atoms. The van der Waals surface area contributed by atoms with Crippen molar-refractivity contribution in [2.75, 3.05) is 20.2 Å².